The minimum Gasteiger partial charge on any atom is -0.493 e. The van der Waals surface area contributed by atoms with Gasteiger partial charge < -0.3 is 29.0 Å². The molecule has 0 unspecified atom stereocenters. The molecule has 1 N–H and O–H groups in total. The third-order valence-corrected chi connectivity index (χ3v) is 5.02. The second-order valence-corrected chi connectivity index (χ2v) is 7.13. The number of hydrogen-bond donors (Lipinski definition) is 1. The number of benzene rings is 2. The Balaban J connectivity index is 2.17. The van der Waals surface area contributed by atoms with Crippen molar-refractivity contribution in [1.29, 1.82) is 0 Å². The molecule has 8 heteroatoms. The highest BCUT2D eigenvalue weighted by molar-refractivity contribution is 9.10. The molecule has 0 saturated heterocycles. The SMILES string of the molecule is COc1cc(/C(C)=C/C(=O)NCc2cc(OC)c(OC)c(OC)c2)cc(Br)c1OC. The lowest BCUT2D eigenvalue weighted by Gasteiger charge is -2.14. The first-order valence-corrected chi connectivity index (χ1v) is 9.84. The Hall–Kier alpha value is -2.87. The number of amides is 1. The van der Waals surface area contributed by atoms with E-state index in [1.807, 2.05) is 19.1 Å². The summed E-state index contributed by atoms with van der Waals surface area (Å²) in [6.45, 7) is 2.15. The maximum atomic E-state index is 12.5. The van der Waals surface area contributed by atoms with Crippen LogP contribution in [-0.2, 0) is 11.3 Å². The molecule has 30 heavy (non-hydrogen) atoms. The topological polar surface area (TPSA) is 75.3 Å². The summed E-state index contributed by atoms with van der Waals surface area (Å²) in [5.41, 5.74) is 2.43. The fraction of sp³-hybridized carbons (Fsp3) is 0.318. The molecular weight excluding hydrogens is 454 g/mol. The second-order valence-electron chi connectivity index (χ2n) is 6.27. The number of allylic oxidation sites excluding steroid dienone is 1. The van der Waals surface area contributed by atoms with E-state index in [9.17, 15) is 4.79 Å². The summed E-state index contributed by atoms with van der Waals surface area (Å²) in [5.74, 6) is 2.51. The van der Waals surface area contributed by atoms with Crippen molar-refractivity contribution in [3.63, 3.8) is 0 Å². The van der Waals surface area contributed by atoms with Crippen LogP contribution in [-0.4, -0.2) is 41.5 Å². The Morgan fingerprint density at radius 3 is 1.90 bits per heavy atom. The average molecular weight is 480 g/mol. The van der Waals surface area contributed by atoms with Crippen LogP contribution in [0.5, 0.6) is 28.7 Å². The molecule has 2 rings (SSSR count). The van der Waals surface area contributed by atoms with Crippen molar-refractivity contribution in [2.45, 2.75) is 13.5 Å². The van der Waals surface area contributed by atoms with Crippen LogP contribution in [0, 0.1) is 0 Å². The van der Waals surface area contributed by atoms with Crippen molar-refractivity contribution in [1.82, 2.24) is 5.32 Å². The number of halogens is 1. The third-order valence-electron chi connectivity index (χ3n) is 4.43. The van der Waals surface area contributed by atoms with Gasteiger partial charge >= 0.3 is 0 Å². The van der Waals surface area contributed by atoms with Crippen LogP contribution in [0.2, 0.25) is 0 Å². The van der Waals surface area contributed by atoms with Gasteiger partial charge in [-0.05, 0) is 63.8 Å². The van der Waals surface area contributed by atoms with E-state index >= 15 is 0 Å². The molecule has 0 atom stereocenters. The van der Waals surface area contributed by atoms with Crippen molar-refractivity contribution in [3.05, 3.63) is 45.9 Å². The number of rotatable bonds is 9. The summed E-state index contributed by atoms with van der Waals surface area (Å²) in [5, 5.41) is 2.87. The van der Waals surface area contributed by atoms with Gasteiger partial charge in [0.15, 0.2) is 23.0 Å². The summed E-state index contributed by atoms with van der Waals surface area (Å²) in [6.07, 6.45) is 1.53. The fourth-order valence-corrected chi connectivity index (χ4v) is 3.51. The number of ether oxygens (including phenoxy) is 5. The number of methoxy groups -OCH3 is 5. The molecule has 0 heterocycles. The van der Waals surface area contributed by atoms with Gasteiger partial charge in [-0.1, -0.05) is 0 Å². The normalized spacial score (nSPS) is 11.0. The lowest BCUT2D eigenvalue weighted by molar-refractivity contribution is -0.116. The average Bonchev–Trinajstić information content (AvgIpc) is 2.75. The molecule has 2 aromatic rings. The Morgan fingerprint density at radius 1 is 0.867 bits per heavy atom. The molecule has 0 aliphatic rings. The van der Waals surface area contributed by atoms with Gasteiger partial charge in [-0.15, -0.1) is 0 Å². The first-order valence-electron chi connectivity index (χ1n) is 9.05. The van der Waals surface area contributed by atoms with Crippen LogP contribution in [0.25, 0.3) is 5.57 Å². The molecule has 0 radical (unpaired) electrons. The van der Waals surface area contributed by atoms with Crippen molar-refractivity contribution >= 4 is 27.4 Å². The zero-order valence-corrected chi connectivity index (χ0v) is 19.5. The molecule has 0 aliphatic carbocycles. The molecule has 162 valence electrons. The van der Waals surface area contributed by atoms with Crippen LogP contribution < -0.4 is 29.0 Å². The van der Waals surface area contributed by atoms with E-state index in [1.54, 1.807) is 47.7 Å². The highest BCUT2D eigenvalue weighted by Gasteiger charge is 2.14. The molecule has 1 amide bonds. The standard InChI is InChI=1S/C22H26BrNO6/c1-13(15-10-16(23)21(29-5)19(11-15)28-4)7-20(25)24-12-14-8-17(26-2)22(30-6)18(9-14)27-3/h7-11H,12H2,1-6H3,(H,24,25)/b13-7+. The van der Waals surface area contributed by atoms with Crippen LogP contribution in [0.15, 0.2) is 34.8 Å². The third kappa shape index (κ3) is 5.38. The summed E-state index contributed by atoms with van der Waals surface area (Å²) in [6, 6.07) is 7.29. The van der Waals surface area contributed by atoms with E-state index in [1.165, 1.54) is 6.08 Å². The van der Waals surface area contributed by atoms with E-state index in [2.05, 4.69) is 21.2 Å². The fourth-order valence-electron chi connectivity index (χ4n) is 2.90. The zero-order valence-electron chi connectivity index (χ0n) is 17.9. The number of hydrogen-bond acceptors (Lipinski definition) is 6. The Kier molecular flexibility index (Phi) is 8.41. The summed E-state index contributed by atoms with van der Waals surface area (Å²) < 4.78 is 27.4. The maximum absolute atomic E-state index is 12.5. The van der Waals surface area contributed by atoms with Crippen molar-refractivity contribution in [3.8, 4) is 28.7 Å². The number of carbonyl (C=O) groups excluding carboxylic acids is 1. The van der Waals surface area contributed by atoms with Gasteiger partial charge in [-0.2, -0.15) is 0 Å². The predicted octanol–water partition coefficient (Wildman–Crippen LogP) is 4.21. The lowest BCUT2D eigenvalue weighted by Crippen LogP contribution is -2.20. The van der Waals surface area contributed by atoms with Gasteiger partial charge in [0, 0.05) is 12.6 Å². The number of carbonyl (C=O) groups is 1. The molecule has 0 bridgehead atoms. The van der Waals surface area contributed by atoms with Crippen LogP contribution in [0.1, 0.15) is 18.1 Å². The minimum absolute atomic E-state index is 0.229. The van der Waals surface area contributed by atoms with E-state index in [0.717, 1.165) is 21.2 Å². The smallest absolute Gasteiger partial charge is 0.244 e. The molecule has 0 aromatic heterocycles. The molecule has 0 saturated carbocycles. The minimum atomic E-state index is -0.229. The maximum Gasteiger partial charge on any atom is 0.244 e. The summed E-state index contributed by atoms with van der Waals surface area (Å²) in [7, 11) is 7.78. The van der Waals surface area contributed by atoms with Crippen LogP contribution >= 0.6 is 15.9 Å². The van der Waals surface area contributed by atoms with Crippen LogP contribution in [0.4, 0.5) is 0 Å². The van der Waals surface area contributed by atoms with Gasteiger partial charge in [0.05, 0.1) is 40.0 Å². The first-order chi connectivity index (χ1) is 14.4. The van der Waals surface area contributed by atoms with E-state index in [0.29, 0.717) is 35.3 Å². The zero-order chi connectivity index (χ0) is 22.3. The van der Waals surface area contributed by atoms with Gasteiger partial charge in [0.25, 0.3) is 0 Å². The highest BCUT2D eigenvalue weighted by Crippen LogP contribution is 2.39. The predicted molar refractivity (Wildman–Crippen MR) is 119 cm³/mol. The molecule has 0 aliphatic heterocycles. The quantitative estimate of drug-likeness (QED) is 0.542. The Bertz CT molecular complexity index is 916. The van der Waals surface area contributed by atoms with Gasteiger partial charge in [0.1, 0.15) is 0 Å². The molecule has 2 aromatic carbocycles. The van der Waals surface area contributed by atoms with Gasteiger partial charge in [-0.3, -0.25) is 4.79 Å². The van der Waals surface area contributed by atoms with Gasteiger partial charge in [-0.25, -0.2) is 0 Å². The van der Waals surface area contributed by atoms with Crippen LogP contribution in [0.3, 0.4) is 0 Å². The lowest BCUT2D eigenvalue weighted by atomic mass is 10.1. The highest BCUT2D eigenvalue weighted by atomic mass is 79.9. The van der Waals surface area contributed by atoms with E-state index < -0.39 is 0 Å². The van der Waals surface area contributed by atoms with E-state index in [-0.39, 0.29) is 5.91 Å². The van der Waals surface area contributed by atoms with Crippen molar-refractivity contribution in [2.75, 3.05) is 35.5 Å². The Morgan fingerprint density at radius 2 is 1.40 bits per heavy atom. The van der Waals surface area contributed by atoms with Gasteiger partial charge in [0.2, 0.25) is 11.7 Å². The monoisotopic (exact) mass is 479 g/mol. The largest absolute Gasteiger partial charge is 0.493 e. The summed E-state index contributed by atoms with van der Waals surface area (Å²) in [4.78, 5) is 12.5. The Labute approximate surface area is 185 Å². The summed E-state index contributed by atoms with van der Waals surface area (Å²) >= 11 is 3.47. The number of nitrogens with one attached hydrogen (secondary N) is 1. The molecular formula is C22H26BrNO6. The molecule has 0 spiro atoms. The van der Waals surface area contributed by atoms with Crippen molar-refractivity contribution < 1.29 is 28.5 Å². The van der Waals surface area contributed by atoms with E-state index in [4.69, 9.17) is 23.7 Å². The van der Waals surface area contributed by atoms with Crippen molar-refractivity contribution in [2.24, 2.45) is 0 Å². The second kappa shape index (κ2) is 10.8. The molecule has 0 fully saturated rings. The first kappa shape index (κ1) is 23.4. The molecule has 7 nitrogen and oxygen atoms in total.